The lowest BCUT2D eigenvalue weighted by atomic mass is 10.1. The fourth-order valence-corrected chi connectivity index (χ4v) is 3.98. The lowest BCUT2D eigenvalue weighted by Gasteiger charge is -2.10. The first-order chi connectivity index (χ1) is 15.8. The highest BCUT2D eigenvalue weighted by molar-refractivity contribution is 6.39. The summed E-state index contributed by atoms with van der Waals surface area (Å²) < 4.78 is 5.25. The van der Waals surface area contributed by atoms with Crippen LogP contribution in [0.3, 0.4) is 0 Å². The average molecular weight is 501 g/mol. The third kappa shape index (κ3) is 4.88. The van der Waals surface area contributed by atoms with Crippen molar-refractivity contribution in [2.24, 2.45) is 0 Å². The molecule has 2 amide bonds. The molecule has 1 aromatic heterocycles. The minimum atomic E-state index is -0.483. The zero-order valence-corrected chi connectivity index (χ0v) is 19.4. The van der Waals surface area contributed by atoms with Crippen LogP contribution in [-0.2, 0) is 0 Å². The summed E-state index contributed by atoms with van der Waals surface area (Å²) in [5, 5.41) is 10.6. The number of carbonyl (C=O) groups excluding carboxylic acids is 2. The van der Waals surface area contributed by atoms with E-state index < -0.39 is 5.91 Å². The second-order valence-corrected chi connectivity index (χ2v) is 8.25. The van der Waals surface area contributed by atoms with E-state index in [1.165, 1.54) is 0 Å². The van der Waals surface area contributed by atoms with Crippen molar-refractivity contribution in [2.45, 2.75) is 6.92 Å². The molecule has 0 atom stereocenters. The van der Waals surface area contributed by atoms with Crippen LogP contribution in [0.1, 0.15) is 26.5 Å². The summed E-state index contributed by atoms with van der Waals surface area (Å²) in [6.07, 6.45) is 0. The van der Waals surface area contributed by atoms with Crippen LogP contribution < -0.4 is 10.6 Å². The number of anilines is 2. The summed E-state index contributed by atoms with van der Waals surface area (Å²) in [5.74, 6) is -0.557. The van der Waals surface area contributed by atoms with E-state index in [0.717, 1.165) is 0 Å². The number of hydrogen-bond acceptors (Lipinski definition) is 4. The zero-order chi connectivity index (χ0) is 23.5. The highest BCUT2D eigenvalue weighted by Crippen LogP contribution is 2.37. The molecule has 0 unspecified atom stereocenters. The fraction of sp³-hybridized carbons (Fsp3) is 0.0417. The van der Waals surface area contributed by atoms with E-state index in [4.69, 9.17) is 39.3 Å². The highest BCUT2D eigenvalue weighted by atomic mass is 35.5. The van der Waals surface area contributed by atoms with Crippen molar-refractivity contribution in [3.63, 3.8) is 0 Å². The van der Waals surface area contributed by atoms with Gasteiger partial charge in [0, 0.05) is 16.8 Å². The molecule has 0 aliphatic heterocycles. The van der Waals surface area contributed by atoms with E-state index in [1.54, 1.807) is 73.7 Å². The maximum absolute atomic E-state index is 13.1. The van der Waals surface area contributed by atoms with Crippen LogP contribution in [0.15, 0.2) is 71.3 Å². The van der Waals surface area contributed by atoms with Gasteiger partial charge in [-0.3, -0.25) is 9.59 Å². The van der Waals surface area contributed by atoms with Crippen molar-refractivity contribution in [3.05, 3.63) is 98.7 Å². The summed E-state index contributed by atoms with van der Waals surface area (Å²) in [6.45, 7) is 1.61. The first-order valence-electron chi connectivity index (χ1n) is 9.73. The van der Waals surface area contributed by atoms with Gasteiger partial charge in [0.2, 0.25) is 0 Å². The van der Waals surface area contributed by atoms with Gasteiger partial charge >= 0.3 is 0 Å². The number of carbonyl (C=O) groups is 2. The molecule has 33 heavy (non-hydrogen) atoms. The Labute approximate surface area is 204 Å². The first kappa shape index (κ1) is 22.9. The Hall–Kier alpha value is -3.32. The SMILES string of the molecule is Cc1onc(-c2c(Cl)cccc2Cl)c1C(=O)Nc1cccc(C(=O)Nc2ccccc2Cl)c1. The minimum Gasteiger partial charge on any atom is -0.360 e. The van der Waals surface area contributed by atoms with Crippen molar-refractivity contribution in [3.8, 4) is 11.3 Å². The van der Waals surface area contributed by atoms with Crippen LogP contribution in [0.4, 0.5) is 11.4 Å². The molecule has 0 saturated carbocycles. The third-order valence-corrected chi connectivity index (χ3v) is 5.75. The first-order valence-corrected chi connectivity index (χ1v) is 10.9. The number of nitrogens with zero attached hydrogens (tertiary/aromatic N) is 1. The number of nitrogens with one attached hydrogen (secondary N) is 2. The molecule has 166 valence electrons. The van der Waals surface area contributed by atoms with Crippen LogP contribution in [-0.4, -0.2) is 17.0 Å². The molecule has 4 aromatic rings. The summed E-state index contributed by atoms with van der Waals surface area (Å²) in [4.78, 5) is 25.8. The van der Waals surface area contributed by atoms with Gasteiger partial charge in [0.1, 0.15) is 17.0 Å². The quantitative estimate of drug-likeness (QED) is 0.306. The zero-order valence-electron chi connectivity index (χ0n) is 17.2. The summed E-state index contributed by atoms with van der Waals surface area (Å²) in [7, 11) is 0. The molecule has 0 spiro atoms. The molecule has 0 radical (unpaired) electrons. The Bertz CT molecular complexity index is 1350. The van der Waals surface area contributed by atoms with Crippen molar-refractivity contribution in [2.75, 3.05) is 10.6 Å². The van der Waals surface area contributed by atoms with Crippen LogP contribution in [0, 0.1) is 6.92 Å². The third-order valence-electron chi connectivity index (χ3n) is 4.79. The largest absolute Gasteiger partial charge is 0.360 e. The van der Waals surface area contributed by atoms with E-state index in [1.807, 2.05) is 0 Å². The Morgan fingerprint density at radius 2 is 1.48 bits per heavy atom. The van der Waals surface area contributed by atoms with Gasteiger partial charge in [-0.1, -0.05) is 64.2 Å². The van der Waals surface area contributed by atoms with Gasteiger partial charge in [-0.25, -0.2) is 0 Å². The Kier molecular flexibility index (Phi) is 6.70. The van der Waals surface area contributed by atoms with Gasteiger partial charge in [0.25, 0.3) is 11.8 Å². The number of halogens is 3. The predicted octanol–water partition coefficient (Wildman–Crippen LogP) is 7.11. The summed E-state index contributed by atoms with van der Waals surface area (Å²) in [5.41, 5.74) is 2.05. The summed E-state index contributed by atoms with van der Waals surface area (Å²) >= 11 is 18.7. The molecule has 1 heterocycles. The van der Waals surface area contributed by atoms with Crippen LogP contribution in [0.2, 0.25) is 15.1 Å². The van der Waals surface area contributed by atoms with E-state index in [2.05, 4.69) is 15.8 Å². The molecule has 3 aromatic carbocycles. The smallest absolute Gasteiger partial charge is 0.261 e. The van der Waals surface area contributed by atoms with Crippen molar-refractivity contribution >= 4 is 58.0 Å². The van der Waals surface area contributed by atoms with Crippen molar-refractivity contribution < 1.29 is 14.1 Å². The Balaban J connectivity index is 1.59. The van der Waals surface area contributed by atoms with E-state index in [0.29, 0.717) is 43.3 Å². The monoisotopic (exact) mass is 499 g/mol. The molecule has 2 N–H and O–H groups in total. The van der Waals surface area contributed by atoms with Gasteiger partial charge in [-0.2, -0.15) is 0 Å². The fourth-order valence-electron chi connectivity index (χ4n) is 3.22. The molecular weight excluding hydrogens is 485 g/mol. The number of hydrogen-bond donors (Lipinski definition) is 2. The Morgan fingerprint density at radius 3 is 2.21 bits per heavy atom. The van der Waals surface area contributed by atoms with E-state index in [9.17, 15) is 9.59 Å². The van der Waals surface area contributed by atoms with E-state index >= 15 is 0 Å². The number of aromatic nitrogens is 1. The predicted molar refractivity (Wildman–Crippen MR) is 130 cm³/mol. The van der Waals surface area contributed by atoms with E-state index in [-0.39, 0.29) is 17.2 Å². The molecule has 0 saturated heterocycles. The van der Waals surface area contributed by atoms with Gasteiger partial charge in [-0.05, 0) is 49.4 Å². The molecule has 0 aliphatic carbocycles. The highest BCUT2D eigenvalue weighted by Gasteiger charge is 2.25. The lowest BCUT2D eigenvalue weighted by Crippen LogP contribution is -2.15. The van der Waals surface area contributed by atoms with Gasteiger partial charge in [-0.15, -0.1) is 0 Å². The van der Waals surface area contributed by atoms with Crippen LogP contribution >= 0.6 is 34.8 Å². The molecular formula is C24H16Cl3N3O3. The van der Waals surface area contributed by atoms with Gasteiger partial charge in [0.05, 0.1) is 20.8 Å². The second-order valence-electron chi connectivity index (χ2n) is 7.03. The maximum atomic E-state index is 13.1. The number of amides is 2. The molecule has 4 rings (SSSR count). The molecule has 0 bridgehead atoms. The number of rotatable bonds is 5. The average Bonchev–Trinajstić information content (AvgIpc) is 3.16. The van der Waals surface area contributed by atoms with Gasteiger partial charge in [0.15, 0.2) is 0 Å². The normalized spacial score (nSPS) is 10.7. The Morgan fingerprint density at radius 1 is 0.818 bits per heavy atom. The lowest BCUT2D eigenvalue weighted by molar-refractivity contribution is 0.101. The topological polar surface area (TPSA) is 84.2 Å². The number of aryl methyl sites for hydroxylation is 1. The molecule has 0 fully saturated rings. The van der Waals surface area contributed by atoms with Crippen molar-refractivity contribution in [1.29, 1.82) is 0 Å². The number of para-hydroxylation sites is 1. The van der Waals surface area contributed by atoms with Crippen LogP contribution in [0.5, 0.6) is 0 Å². The van der Waals surface area contributed by atoms with Crippen LogP contribution in [0.25, 0.3) is 11.3 Å². The molecule has 6 nitrogen and oxygen atoms in total. The molecule has 0 aliphatic rings. The maximum Gasteiger partial charge on any atom is 0.261 e. The second kappa shape index (κ2) is 9.67. The minimum absolute atomic E-state index is 0.191. The standard InChI is InChI=1S/C24H16Cl3N3O3/c1-13-20(22(30-33-13)21-17(26)9-5-10-18(21)27)24(32)28-15-7-4-6-14(12-15)23(31)29-19-11-3-2-8-16(19)25/h2-12H,1H3,(H,28,32)(H,29,31). The van der Waals surface area contributed by atoms with Gasteiger partial charge < -0.3 is 15.2 Å². The number of benzene rings is 3. The molecule has 9 heteroatoms. The van der Waals surface area contributed by atoms with Crippen molar-refractivity contribution in [1.82, 2.24) is 5.16 Å². The summed E-state index contributed by atoms with van der Waals surface area (Å²) in [6, 6.07) is 18.4.